The van der Waals surface area contributed by atoms with Crippen LogP contribution < -0.4 is 4.74 Å². The van der Waals surface area contributed by atoms with E-state index in [1.54, 1.807) is 0 Å². The molecule has 0 radical (unpaired) electrons. The lowest BCUT2D eigenvalue weighted by Gasteiger charge is -2.39. The molecule has 2 saturated carbocycles. The fourth-order valence-electron chi connectivity index (χ4n) is 6.30. The molecule has 10 heteroatoms. The highest BCUT2D eigenvalue weighted by Crippen LogP contribution is 2.44. The van der Waals surface area contributed by atoms with E-state index < -0.39 is 52.8 Å². The van der Waals surface area contributed by atoms with Gasteiger partial charge in [0, 0.05) is 23.6 Å². The number of alkyl halides is 2. The monoisotopic (exact) mass is 546 g/mol. The maximum absolute atomic E-state index is 14.7. The summed E-state index contributed by atoms with van der Waals surface area (Å²) < 4.78 is 114. The Morgan fingerprint density at radius 1 is 0.632 bits per heavy atom. The molecule has 1 heterocycles. The average molecular weight is 547 g/mol. The summed E-state index contributed by atoms with van der Waals surface area (Å²) in [5.41, 5.74) is -1.89. The number of halogens is 7. The van der Waals surface area contributed by atoms with Gasteiger partial charge in [0.2, 0.25) is 0 Å². The van der Waals surface area contributed by atoms with E-state index in [-0.39, 0.29) is 23.6 Å². The molecule has 2 aromatic rings. The van der Waals surface area contributed by atoms with Gasteiger partial charge in [-0.25, -0.2) is 22.0 Å². The Hall–Kier alpha value is -2.33. The molecular weight excluding hydrogens is 517 g/mol. The highest BCUT2D eigenvalue weighted by atomic mass is 19.3. The molecule has 2 aliphatic carbocycles. The van der Waals surface area contributed by atoms with Crippen molar-refractivity contribution in [1.29, 1.82) is 0 Å². The number of benzene rings is 2. The highest BCUT2D eigenvalue weighted by molar-refractivity contribution is 5.32. The van der Waals surface area contributed by atoms with Crippen LogP contribution in [0.25, 0.3) is 0 Å². The van der Waals surface area contributed by atoms with Gasteiger partial charge in [0.1, 0.15) is 22.9 Å². The molecule has 1 saturated heterocycles. The van der Waals surface area contributed by atoms with Crippen LogP contribution in [0, 0.1) is 52.8 Å². The molecule has 5 rings (SSSR count). The van der Waals surface area contributed by atoms with E-state index >= 15 is 0 Å². The van der Waals surface area contributed by atoms with Gasteiger partial charge in [-0.2, -0.15) is 8.78 Å². The normalized spacial score (nSPS) is 27.0. The molecule has 38 heavy (non-hydrogen) atoms. The first kappa shape index (κ1) is 27.2. The zero-order chi connectivity index (χ0) is 27.0. The number of ether oxygens (including phenoxy) is 3. The van der Waals surface area contributed by atoms with Crippen molar-refractivity contribution >= 4 is 0 Å². The van der Waals surface area contributed by atoms with E-state index in [0.29, 0.717) is 31.3 Å². The Morgan fingerprint density at radius 3 is 1.63 bits per heavy atom. The minimum Gasteiger partial charge on any atom is -0.429 e. The summed E-state index contributed by atoms with van der Waals surface area (Å²) in [5, 5.41) is 0. The van der Waals surface area contributed by atoms with Gasteiger partial charge < -0.3 is 14.2 Å². The van der Waals surface area contributed by atoms with Crippen molar-refractivity contribution in [2.45, 2.75) is 63.8 Å². The molecule has 0 amide bonds. The van der Waals surface area contributed by atoms with E-state index in [2.05, 4.69) is 4.74 Å². The van der Waals surface area contributed by atoms with Gasteiger partial charge in [-0.1, -0.05) is 25.7 Å². The van der Waals surface area contributed by atoms with Crippen molar-refractivity contribution in [3.05, 3.63) is 64.5 Å². The SMILES string of the molecule is Fc1cc(OC(F)(F)c2c(F)cc(C3OCC(C4CCC(C5CCCC5)CC4)CO3)cc2F)cc(F)c1F. The smallest absolute Gasteiger partial charge is 0.429 e. The first-order valence-corrected chi connectivity index (χ1v) is 13.1. The van der Waals surface area contributed by atoms with E-state index in [0.717, 1.165) is 24.7 Å². The second kappa shape index (κ2) is 11.0. The van der Waals surface area contributed by atoms with Crippen LogP contribution in [0.5, 0.6) is 5.75 Å². The van der Waals surface area contributed by atoms with Gasteiger partial charge in [0.05, 0.1) is 13.2 Å². The summed E-state index contributed by atoms with van der Waals surface area (Å²) in [4.78, 5) is 0. The average Bonchev–Trinajstić information content (AvgIpc) is 3.42. The van der Waals surface area contributed by atoms with Crippen molar-refractivity contribution in [2.75, 3.05) is 13.2 Å². The molecule has 3 aliphatic rings. The van der Waals surface area contributed by atoms with E-state index in [1.165, 1.54) is 38.5 Å². The van der Waals surface area contributed by atoms with Gasteiger partial charge in [-0.3, -0.25) is 0 Å². The maximum Gasteiger partial charge on any atom is 0.432 e. The van der Waals surface area contributed by atoms with Crippen molar-refractivity contribution in [1.82, 2.24) is 0 Å². The first-order valence-electron chi connectivity index (χ1n) is 13.1. The zero-order valence-corrected chi connectivity index (χ0v) is 20.6. The summed E-state index contributed by atoms with van der Waals surface area (Å²) in [6.45, 7) is 0.658. The molecule has 1 aliphatic heterocycles. The lowest BCUT2D eigenvalue weighted by atomic mass is 9.71. The number of hydrogen-bond donors (Lipinski definition) is 0. The van der Waals surface area contributed by atoms with Gasteiger partial charge in [-0.05, 0) is 55.6 Å². The first-order chi connectivity index (χ1) is 18.1. The third-order valence-corrected chi connectivity index (χ3v) is 8.30. The molecule has 3 nitrogen and oxygen atoms in total. The van der Waals surface area contributed by atoms with Crippen molar-refractivity contribution in [2.24, 2.45) is 23.7 Å². The predicted molar refractivity (Wildman–Crippen MR) is 123 cm³/mol. The molecule has 0 unspecified atom stereocenters. The van der Waals surface area contributed by atoms with Crippen LogP contribution in [0.1, 0.15) is 68.8 Å². The number of rotatable bonds is 6. The van der Waals surface area contributed by atoms with Crippen LogP contribution in [0.15, 0.2) is 24.3 Å². The fourth-order valence-corrected chi connectivity index (χ4v) is 6.30. The topological polar surface area (TPSA) is 27.7 Å². The van der Waals surface area contributed by atoms with Gasteiger partial charge in [-0.15, -0.1) is 0 Å². The number of hydrogen-bond acceptors (Lipinski definition) is 3. The highest BCUT2D eigenvalue weighted by Gasteiger charge is 2.42. The lowest BCUT2D eigenvalue weighted by molar-refractivity contribution is -0.215. The summed E-state index contributed by atoms with van der Waals surface area (Å²) in [5.74, 6) is -7.70. The van der Waals surface area contributed by atoms with Crippen LogP contribution in [0.4, 0.5) is 30.7 Å². The molecule has 0 aromatic heterocycles. The summed E-state index contributed by atoms with van der Waals surface area (Å²) in [6.07, 6.45) is 4.13. The van der Waals surface area contributed by atoms with Crippen LogP contribution in [0.2, 0.25) is 0 Å². The van der Waals surface area contributed by atoms with E-state index in [9.17, 15) is 30.7 Å². The second-order valence-corrected chi connectivity index (χ2v) is 10.7. The molecular formula is C28H29F7O3. The van der Waals surface area contributed by atoms with Crippen molar-refractivity contribution < 1.29 is 44.9 Å². The predicted octanol–water partition coefficient (Wildman–Crippen LogP) is 8.17. The Balaban J connectivity index is 1.21. The third-order valence-electron chi connectivity index (χ3n) is 8.30. The molecule has 0 N–H and O–H groups in total. The lowest BCUT2D eigenvalue weighted by Crippen LogP contribution is -2.35. The summed E-state index contributed by atoms with van der Waals surface area (Å²) >= 11 is 0. The van der Waals surface area contributed by atoms with Crippen LogP contribution in [-0.2, 0) is 15.6 Å². The minimum absolute atomic E-state index is 0.123. The minimum atomic E-state index is -4.65. The van der Waals surface area contributed by atoms with Crippen molar-refractivity contribution in [3.8, 4) is 5.75 Å². The Kier molecular flexibility index (Phi) is 7.91. The third kappa shape index (κ3) is 5.66. The Morgan fingerprint density at radius 2 is 1.11 bits per heavy atom. The molecule has 208 valence electrons. The molecule has 0 atom stereocenters. The largest absolute Gasteiger partial charge is 0.432 e. The van der Waals surface area contributed by atoms with Crippen LogP contribution in [-0.4, -0.2) is 13.2 Å². The molecule has 0 bridgehead atoms. The van der Waals surface area contributed by atoms with Crippen LogP contribution in [0.3, 0.4) is 0 Å². The molecule has 2 aromatic carbocycles. The van der Waals surface area contributed by atoms with Gasteiger partial charge >= 0.3 is 6.11 Å². The summed E-state index contributed by atoms with van der Waals surface area (Å²) in [7, 11) is 0. The summed E-state index contributed by atoms with van der Waals surface area (Å²) in [6, 6.07) is 1.61. The second-order valence-electron chi connectivity index (χ2n) is 10.7. The zero-order valence-electron chi connectivity index (χ0n) is 20.6. The Bertz CT molecular complexity index is 1090. The molecule has 0 spiro atoms. The molecule has 3 fully saturated rings. The van der Waals surface area contributed by atoms with Crippen molar-refractivity contribution in [3.63, 3.8) is 0 Å². The van der Waals surface area contributed by atoms with E-state index in [4.69, 9.17) is 9.47 Å². The van der Waals surface area contributed by atoms with Gasteiger partial charge in [0.15, 0.2) is 23.7 Å². The maximum atomic E-state index is 14.7. The fraction of sp³-hybridized carbons (Fsp3) is 0.571. The van der Waals surface area contributed by atoms with E-state index in [1.807, 2.05) is 0 Å². The van der Waals surface area contributed by atoms with Gasteiger partial charge in [0.25, 0.3) is 0 Å². The Labute approximate surface area is 216 Å². The van der Waals surface area contributed by atoms with Crippen LogP contribution >= 0.6 is 0 Å². The standard InChI is InChI=1S/C28H29F7O3/c29-21-9-18(10-22(30)25(21)28(34,35)38-20-11-23(31)26(33)24(32)12-20)27-36-13-19(14-37-27)17-7-5-16(6-8-17)15-3-1-2-4-15/h9-12,15-17,19,27H,1-8,13-14H2. The quantitative estimate of drug-likeness (QED) is 0.270.